The molecule has 0 saturated carbocycles. The van der Waals surface area contributed by atoms with Crippen LogP contribution >= 0.6 is 11.6 Å². The number of halogens is 1. The van der Waals surface area contributed by atoms with Gasteiger partial charge >= 0.3 is 0 Å². The maximum Gasteiger partial charge on any atom is 0.149 e. The summed E-state index contributed by atoms with van der Waals surface area (Å²) in [5.41, 5.74) is 3.02. The summed E-state index contributed by atoms with van der Waals surface area (Å²) in [7, 11) is 0. The van der Waals surface area contributed by atoms with Crippen LogP contribution < -0.4 is 4.74 Å². The Bertz CT molecular complexity index is 1140. The number of nitriles is 1. The molecule has 0 amide bonds. The molecule has 0 aliphatic heterocycles. The van der Waals surface area contributed by atoms with Gasteiger partial charge in [0.2, 0.25) is 0 Å². The van der Waals surface area contributed by atoms with Gasteiger partial charge in [-0.3, -0.25) is 0 Å². The van der Waals surface area contributed by atoms with Crippen LogP contribution in [-0.4, -0.2) is 9.97 Å². The van der Waals surface area contributed by atoms with Crippen LogP contribution in [0.2, 0.25) is 5.02 Å². The number of imidazole rings is 1. The average Bonchev–Trinajstić information content (AvgIpc) is 3.12. The van der Waals surface area contributed by atoms with Crippen molar-refractivity contribution in [1.29, 1.82) is 5.26 Å². The van der Waals surface area contributed by atoms with Crippen molar-refractivity contribution in [3.8, 4) is 17.6 Å². The third-order valence-corrected chi connectivity index (χ3v) is 4.24. The number of aromatic nitrogens is 2. The van der Waals surface area contributed by atoms with Crippen LogP contribution in [0, 0.1) is 11.3 Å². The number of allylic oxidation sites excluding steroid dienone is 1. The molecule has 0 radical (unpaired) electrons. The van der Waals surface area contributed by atoms with Gasteiger partial charge in [-0.2, -0.15) is 5.26 Å². The molecule has 0 bridgehead atoms. The number of nitrogens with one attached hydrogen (secondary N) is 1. The molecule has 4 rings (SSSR count). The number of H-pyrrole nitrogens is 1. The zero-order chi connectivity index (χ0) is 18.6. The minimum Gasteiger partial charge on any atom is -0.457 e. The highest BCUT2D eigenvalue weighted by Crippen LogP contribution is 2.25. The Morgan fingerprint density at radius 2 is 1.81 bits per heavy atom. The average molecular weight is 372 g/mol. The maximum absolute atomic E-state index is 9.57. The summed E-state index contributed by atoms with van der Waals surface area (Å²) in [5, 5.41) is 10.2. The molecule has 27 heavy (non-hydrogen) atoms. The molecule has 1 N–H and O–H groups in total. The van der Waals surface area contributed by atoms with Crippen LogP contribution in [0.4, 0.5) is 0 Å². The van der Waals surface area contributed by atoms with E-state index in [1.165, 1.54) is 0 Å². The summed E-state index contributed by atoms with van der Waals surface area (Å²) in [5.74, 6) is 1.91. The highest BCUT2D eigenvalue weighted by atomic mass is 35.5. The zero-order valence-corrected chi connectivity index (χ0v) is 14.9. The van der Waals surface area contributed by atoms with E-state index in [1.54, 1.807) is 30.3 Å². The molecule has 0 aliphatic carbocycles. The monoisotopic (exact) mass is 371 g/mol. The van der Waals surface area contributed by atoms with Crippen LogP contribution in [0.1, 0.15) is 11.4 Å². The molecular weight excluding hydrogens is 358 g/mol. The topological polar surface area (TPSA) is 61.7 Å². The SMILES string of the molecule is N#CC(=Cc1cccc(Oc2ccc(Cl)cc2)c1)c1nc2ccccc2[nH]1. The lowest BCUT2D eigenvalue weighted by atomic mass is 10.1. The van der Waals surface area contributed by atoms with E-state index in [4.69, 9.17) is 16.3 Å². The number of rotatable bonds is 4. The van der Waals surface area contributed by atoms with E-state index in [2.05, 4.69) is 16.0 Å². The molecule has 4 nitrogen and oxygen atoms in total. The first-order valence-corrected chi connectivity index (χ1v) is 8.69. The number of para-hydroxylation sites is 2. The van der Waals surface area contributed by atoms with Gasteiger partial charge < -0.3 is 9.72 Å². The fourth-order valence-corrected chi connectivity index (χ4v) is 2.83. The molecule has 0 aliphatic rings. The number of fused-ring (bicyclic) bond motifs is 1. The second-order valence-corrected chi connectivity index (χ2v) is 6.34. The van der Waals surface area contributed by atoms with Crippen LogP contribution in [0.5, 0.6) is 11.5 Å². The van der Waals surface area contributed by atoms with Gasteiger partial charge in [-0.15, -0.1) is 0 Å². The second kappa shape index (κ2) is 7.36. The lowest BCUT2D eigenvalue weighted by Gasteiger charge is -2.06. The second-order valence-electron chi connectivity index (χ2n) is 5.90. The summed E-state index contributed by atoms with van der Waals surface area (Å²) >= 11 is 5.90. The maximum atomic E-state index is 9.57. The van der Waals surface area contributed by atoms with E-state index in [-0.39, 0.29) is 0 Å². The van der Waals surface area contributed by atoms with Gasteiger partial charge in [-0.1, -0.05) is 35.9 Å². The summed E-state index contributed by atoms with van der Waals surface area (Å²) in [4.78, 5) is 7.67. The van der Waals surface area contributed by atoms with Gasteiger partial charge in [0, 0.05) is 5.02 Å². The van der Waals surface area contributed by atoms with Crippen molar-refractivity contribution in [2.24, 2.45) is 0 Å². The van der Waals surface area contributed by atoms with Crippen molar-refractivity contribution in [3.63, 3.8) is 0 Å². The van der Waals surface area contributed by atoms with E-state index in [9.17, 15) is 5.26 Å². The molecule has 130 valence electrons. The first kappa shape index (κ1) is 16.9. The van der Waals surface area contributed by atoms with Crippen LogP contribution in [0.15, 0.2) is 72.8 Å². The van der Waals surface area contributed by atoms with Crippen molar-refractivity contribution in [2.75, 3.05) is 0 Å². The molecule has 0 unspecified atom stereocenters. The first-order valence-electron chi connectivity index (χ1n) is 8.32. The summed E-state index contributed by atoms with van der Waals surface area (Å²) in [6.07, 6.45) is 1.78. The Labute approximate surface area is 161 Å². The number of ether oxygens (including phenoxy) is 1. The number of hydrogen-bond acceptors (Lipinski definition) is 3. The fraction of sp³-hybridized carbons (Fsp3) is 0. The predicted molar refractivity (Wildman–Crippen MR) is 108 cm³/mol. The van der Waals surface area contributed by atoms with Crippen molar-refractivity contribution in [2.45, 2.75) is 0 Å². The summed E-state index contributed by atoms with van der Waals surface area (Å²) in [6, 6.07) is 24.6. The first-order chi connectivity index (χ1) is 13.2. The third-order valence-electron chi connectivity index (χ3n) is 3.98. The summed E-state index contributed by atoms with van der Waals surface area (Å²) < 4.78 is 5.85. The molecule has 0 spiro atoms. The Morgan fingerprint density at radius 3 is 2.59 bits per heavy atom. The smallest absolute Gasteiger partial charge is 0.149 e. The number of nitrogens with zero attached hydrogens (tertiary/aromatic N) is 2. The van der Waals surface area contributed by atoms with Gasteiger partial charge in [0.05, 0.1) is 16.6 Å². The van der Waals surface area contributed by atoms with Crippen LogP contribution in [0.25, 0.3) is 22.7 Å². The van der Waals surface area contributed by atoms with E-state index in [0.717, 1.165) is 16.6 Å². The highest BCUT2D eigenvalue weighted by Gasteiger charge is 2.08. The van der Waals surface area contributed by atoms with E-state index >= 15 is 0 Å². The van der Waals surface area contributed by atoms with Crippen molar-refractivity contribution < 1.29 is 4.74 Å². The lowest BCUT2D eigenvalue weighted by molar-refractivity contribution is 0.482. The molecule has 1 aromatic heterocycles. The van der Waals surface area contributed by atoms with E-state index in [0.29, 0.717) is 27.9 Å². The Kier molecular flexibility index (Phi) is 4.61. The molecule has 3 aromatic carbocycles. The molecule has 5 heteroatoms. The van der Waals surface area contributed by atoms with Gasteiger partial charge in [-0.05, 0) is 60.2 Å². The minimum absolute atomic E-state index is 0.454. The normalized spacial score (nSPS) is 11.3. The van der Waals surface area contributed by atoms with Crippen molar-refractivity contribution in [1.82, 2.24) is 9.97 Å². The van der Waals surface area contributed by atoms with Crippen LogP contribution in [0.3, 0.4) is 0 Å². The third kappa shape index (κ3) is 3.84. The molecular formula is C22H14ClN3O. The van der Waals surface area contributed by atoms with Gasteiger partial charge in [0.15, 0.2) is 0 Å². The zero-order valence-electron chi connectivity index (χ0n) is 14.2. The molecule has 1 heterocycles. The van der Waals surface area contributed by atoms with Crippen LogP contribution in [-0.2, 0) is 0 Å². The van der Waals surface area contributed by atoms with Crippen molar-refractivity contribution in [3.05, 3.63) is 89.2 Å². The quantitative estimate of drug-likeness (QED) is 0.442. The number of benzene rings is 3. The number of hydrogen-bond donors (Lipinski definition) is 1. The van der Waals surface area contributed by atoms with E-state index < -0.39 is 0 Å². The molecule has 0 saturated heterocycles. The minimum atomic E-state index is 0.454. The standard InChI is InChI=1S/C22H14ClN3O/c23-17-8-10-18(11-9-17)27-19-5-3-4-15(13-19)12-16(14-24)22-25-20-6-1-2-7-21(20)26-22/h1-13H,(H,25,26). The summed E-state index contributed by atoms with van der Waals surface area (Å²) in [6.45, 7) is 0. The number of aromatic amines is 1. The Hall–Kier alpha value is -3.55. The predicted octanol–water partition coefficient (Wildman–Crippen LogP) is 6.07. The molecule has 0 fully saturated rings. The lowest BCUT2D eigenvalue weighted by Crippen LogP contribution is -1.87. The van der Waals surface area contributed by atoms with Gasteiger partial charge in [0.1, 0.15) is 23.4 Å². The Morgan fingerprint density at radius 1 is 1.00 bits per heavy atom. The largest absolute Gasteiger partial charge is 0.457 e. The molecule has 0 atom stereocenters. The fourth-order valence-electron chi connectivity index (χ4n) is 2.71. The van der Waals surface area contributed by atoms with Gasteiger partial charge in [-0.25, -0.2) is 4.98 Å². The molecule has 4 aromatic rings. The van der Waals surface area contributed by atoms with Gasteiger partial charge in [0.25, 0.3) is 0 Å². The van der Waals surface area contributed by atoms with E-state index in [1.807, 2.05) is 48.5 Å². The van der Waals surface area contributed by atoms with Crippen molar-refractivity contribution >= 4 is 34.3 Å². The Balaban J connectivity index is 1.63. The highest BCUT2D eigenvalue weighted by molar-refractivity contribution is 6.30.